The highest BCUT2D eigenvalue weighted by Gasteiger charge is 2.17. The monoisotopic (exact) mass is 362 g/mol. The van der Waals surface area contributed by atoms with E-state index in [4.69, 9.17) is 17.0 Å². The van der Waals surface area contributed by atoms with Crippen molar-refractivity contribution >= 4 is 45.3 Å². The van der Waals surface area contributed by atoms with Gasteiger partial charge in [0.15, 0.2) is 5.11 Å². The molecule has 0 unspecified atom stereocenters. The van der Waals surface area contributed by atoms with Crippen molar-refractivity contribution in [3.63, 3.8) is 0 Å². The van der Waals surface area contributed by atoms with Crippen molar-refractivity contribution in [2.45, 2.75) is 33.6 Å². The van der Waals surface area contributed by atoms with Gasteiger partial charge in [0, 0.05) is 10.6 Å². The number of carbonyl (C=O) groups excluding carboxylic acids is 1. The van der Waals surface area contributed by atoms with E-state index in [9.17, 15) is 4.79 Å². The number of nitrogens with one attached hydrogen (secondary N) is 2. The quantitative estimate of drug-likeness (QED) is 0.592. The Morgan fingerprint density at radius 3 is 2.62 bits per heavy atom. The maximum absolute atomic E-state index is 11.9. The fourth-order valence-corrected chi connectivity index (χ4v) is 3.68. The van der Waals surface area contributed by atoms with Crippen LogP contribution < -0.4 is 10.6 Å². The summed E-state index contributed by atoms with van der Waals surface area (Å²) in [6.07, 6.45) is 1.77. The Bertz CT molecular complexity index is 753. The highest BCUT2D eigenvalue weighted by molar-refractivity contribution is 7.80. The first kappa shape index (κ1) is 18.4. The molecule has 0 aliphatic carbocycles. The minimum Gasteiger partial charge on any atom is -0.465 e. The predicted octanol–water partition coefficient (Wildman–Crippen LogP) is 4.78. The molecule has 1 aromatic heterocycles. The normalized spacial score (nSPS) is 10.3. The second-order valence-electron chi connectivity index (χ2n) is 5.34. The highest BCUT2D eigenvalue weighted by atomic mass is 32.1. The molecule has 0 aliphatic rings. The van der Waals surface area contributed by atoms with Crippen molar-refractivity contribution in [1.29, 1.82) is 0 Å². The van der Waals surface area contributed by atoms with Crippen molar-refractivity contribution in [3.8, 4) is 0 Å². The Kier molecular flexibility index (Phi) is 6.34. The molecule has 0 saturated heterocycles. The van der Waals surface area contributed by atoms with Crippen LogP contribution in [0.1, 0.15) is 40.2 Å². The van der Waals surface area contributed by atoms with Gasteiger partial charge in [-0.2, -0.15) is 0 Å². The molecule has 0 bridgehead atoms. The van der Waals surface area contributed by atoms with Gasteiger partial charge in [0.25, 0.3) is 0 Å². The number of methoxy groups -OCH3 is 1. The second kappa shape index (κ2) is 8.26. The lowest BCUT2D eigenvalue weighted by Gasteiger charge is -2.15. The molecule has 1 aromatic carbocycles. The lowest BCUT2D eigenvalue weighted by atomic mass is 10.1. The van der Waals surface area contributed by atoms with Crippen LogP contribution in [0, 0.1) is 6.92 Å². The maximum atomic E-state index is 11.9. The molecule has 6 heteroatoms. The number of anilines is 2. The van der Waals surface area contributed by atoms with Crippen LogP contribution in [0.15, 0.2) is 24.3 Å². The third-order valence-electron chi connectivity index (χ3n) is 3.74. The number of thiocarbonyl (C=S) groups is 1. The third-order valence-corrected chi connectivity index (χ3v) is 5.14. The van der Waals surface area contributed by atoms with E-state index in [0.717, 1.165) is 29.0 Å². The van der Waals surface area contributed by atoms with Gasteiger partial charge in [-0.05, 0) is 49.2 Å². The van der Waals surface area contributed by atoms with E-state index in [0.29, 0.717) is 15.7 Å². The number of benzene rings is 1. The molecule has 2 aromatic rings. The molecule has 0 radical (unpaired) electrons. The van der Waals surface area contributed by atoms with E-state index < -0.39 is 0 Å². The molecular weight excluding hydrogens is 340 g/mol. The summed E-state index contributed by atoms with van der Waals surface area (Å²) in [5.74, 6) is -0.360. The number of rotatable bonds is 5. The van der Waals surface area contributed by atoms with Crippen molar-refractivity contribution in [3.05, 3.63) is 45.8 Å². The van der Waals surface area contributed by atoms with E-state index in [1.807, 2.05) is 32.0 Å². The van der Waals surface area contributed by atoms with Gasteiger partial charge in [0.2, 0.25) is 0 Å². The summed E-state index contributed by atoms with van der Waals surface area (Å²) < 4.78 is 4.85. The number of ether oxygens (including phenoxy) is 1. The third kappa shape index (κ3) is 4.13. The zero-order chi connectivity index (χ0) is 17.7. The van der Waals surface area contributed by atoms with Crippen LogP contribution in [0.3, 0.4) is 0 Å². The minimum absolute atomic E-state index is 0.360. The van der Waals surface area contributed by atoms with Crippen molar-refractivity contribution in [2.75, 3.05) is 17.7 Å². The van der Waals surface area contributed by atoms with E-state index in [1.54, 1.807) is 0 Å². The predicted molar refractivity (Wildman–Crippen MR) is 105 cm³/mol. The molecular formula is C18H22N2O2S2. The van der Waals surface area contributed by atoms with E-state index in [-0.39, 0.29) is 5.97 Å². The van der Waals surface area contributed by atoms with Crippen LogP contribution in [0.2, 0.25) is 0 Å². The van der Waals surface area contributed by atoms with Crippen LogP contribution in [0.4, 0.5) is 10.7 Å². The Morgan fingerprint density at radius 2 is 2.00 bits per heavy atom. The lowest BCUT2D eigenvalue weighted by Crippen LogP contribution is -2.21. The minimum atomic E-state index is -0.360. The van der Waals surface area contributed by atoms with Crippen LogP contribution in [0.5, 0.6) is 0 Å². The van der Waals surface area contributed by atoms with Gasteiger partial charge >= 0.3 is 5.97 Å². The van der Waals surface area contributed by atoms with Gasteiger partial charge in [0.1, 0.15) is 5.00 Å². The number of para-hydroxylation sites is 1. The molecule has 0 amide bonds. The number of hydrogen-bond donors (Lipinski definition) is 2. The van der Waals surface area contributed by atoms with Crippen molar-refractivity contribution < 1.29 is 9.53 Å². The van der Waals surface area contributed by atoms with Crippen molar-refractivity contribution in [2.24, 2.45) is 0 Å². The molecule has 4 nitrogen and oxygen atoms in total. The van der Waals surface area contributed by atoms with E-state index in [1.165, 1.54) is 24.0 Å². The first-order chi connectivity index (χ1) is 11.5. The van der Waals surface area contributed by atoms with Gasteiger partial charge < -0.3 is 15.4 Å². The van der Waals surface area contributed by atoms with E-state index in [2.05, 4.69) is 23.6 Å². The van der Waals surface area contributed by atoms with Gasteiger partial charge in [-0.15, -0.1) is 11.3 Å². The average molecular weight is 363 g/mol. The van der Waals surface area contributed by atoms with Gasteiger partial charge in [0.05, 0.1) is 12.7 Å². The maximum Gasteiger partial charge on any atom is 0.340 e. The summed E-state index contributed by atoms with van der Waals surface area (Å²) in [6.45, 7) is 6.21. The Balaban J connectivity index is 2.22. The fraction of sp³-hybridized carbons (Fsp3) is 0.333. The smallest absolute Gasteiger partial charge is 0.340 e. The second-order valence-corrected chi connectivity index (χ2v) is 6.89. The molecule has 2 N–H and O–H groups in total. The van der Waals surface area contributed by atoms with Crippen LogP contribution in [0.25, 0.3) is 0 Å². The summed E-state index contributed by atoms with van der Waals surface area (Å²) in [4.78, 5) is 13.0. The summed E-state index contributed by atoms with van der Waals surface area (Å²) >= 11 is 6.96. The summed E-state index contributed by atoms with van der Waals surface area (Å²) in [5.41, 5.74) is 3.87. The molecule has 0 spiro atoms. The molecule has 2 rings (SSSR count). The topological polar surface area (TPSA) is 50.4 Å². The lowest BCUT2D eigenvalue weighted by molar-refractivity contribution is 0.0602. The summed E-state index contributed by atoms with van der Waals surface area (Å²) in [7, 11) is 1.38. The van der Waals surface area contributed by atoms with Crippen LogP contribution in [-0.2, 0) is 17.6 Å². The standard InChI is InChI=1S/C18H22N2O2S2/c1-5-12-9-7-8-11(3)15(12)19-18(23)20-16-14(17(21)22-4)10-13(6-2)24-16/h7-10H,5-6H2,1-4H3,(H2,19,20,23). The zero-order valence-electron chi connectivity index (χ0n) is 14.4. The number of hydrogen-bond acceptors (Lipinski definition) is 4. The first-order valence-corrected chi connectivity index (χ1v) is 9.10. The van der Waals surface area contributed by atoms with Gasteiger partial charge in [-0.25, -0.2) is 4.79 Å². The fourth-order valence-electron chi connectivity index (χ4n) is 2.42. The van der Waals surface area contributed by atoms with Gasteiger partial charge in [-0.1, -0.05) is 32.0 Å². The molecule has 0 saturated carbocycles. The molecule has 128 valence electrons. The number of thiophene rings is 1. The first-order valence-electron chi connectivity index (χ1n) is 7.87. The van der Waals surface area contributed by atoms with Crippen molar-refractivity contribution in [1.82, 2.24) is 0 Å². The Morgan fingerprint density at radius 1 is 1.25 bits per heavy atom. The number of aryl methyl sites for hydroxylation is 3. The Hall–Kier alpha value is -1.92. The molecule has 24 heavy (non-hydrogen) atoms. The van der Waals surface area contributed by atoms with Crippen LogP contribution >= 0.6 is 23.6 Å². The SMILES string of the molecule is CCc1cc(C(=O)OC)c(NC(=S)Nc2c(C)cccc2CC)s1. The number of carbonyl (C=O) groups is 1. The molecule has 1 heterocycles. The molecule has 0 atom stereocenters. The summed E-state index contributed by atoms with van der Waals surface area (Å²) in [6, 6.07) is 8.02. The average Bonchev–Trinajstić information content (AvgIpc) is 2.98. The summed E-state index contributed by atoms with van der Waals surface area (Å²) in [5, 5.41) is 7.59. The van der Waals surface area contributed by atoms with E-state index >= 15 is 0 Å². The Labute approximate surface area is 152 Å². The largest absolute Gasteiger partial charge is 0.465 e. The number of esters is 1. The molecule has 0 aliphatic heterocycles. The van der Waals surface area contributed by atoms with Gasteiger partial charge in [-0.3, -0.25) is 0 Å². The highest BCUT2D eigenvalue weighted by Crippen LogP contribution is 2.30. The van der Waals surface area contributed by atoms with Crippen LogP contribution in [-0.4, -0.2) is 18.2 Å². The zero-order valence-corrected chi connectivity index (χ0v) is 16.0. The molecule has 0 fully saturated rings.